The fourth-order valence-electron chi connectivity index (χ4n) is 3.40. The summed E-state index contributed by atoms with van der Waals surface area (Å²) in [6.45, 7) is 2.46. The minimum Gasteiger partial charge on any atom is -0.354 e. The van der Waals surface area contributed by atoms with Crippen LogP contribution in [-0.2, 0) is 11.3 Å². The van der Waals surface area contributed by atoms with Gasteiger partial charge in [0.05, 0.1) is 18.3 Å². The summed E-state index contributed by atoms with van der Waals surface area (Å²) in [5, 5.41) is 12.3. The first kappa shape index (κ1) is 16.5. The molecule has 0 unspecified atom stereocenters. The Kier molecular flexibility index (Phi) is 4.04. The minimum absolute atomic E-state index is 0.0639. The first-order chi connectivity index (χ1) is 13.8. The van der Waals surface area contributed by atoms with E-state index in [0.29, 0.717) is 43.9 Å². The predicted octanol–water partition coefficient (Wildman–Crippen LogP) is 1.14. The van der Waals surface area contributed by atoms with Crippen molar-refractivity contribution in [3.05, 3.63) is 48.3 Å². The van der Waals surface area contributed by atoms with Gasteiger partial charge in [0, 0.05) is 37.6 Å². The van der Waals surface area contributed by atoms with E-state index in [1.807, 2.05) is 24.3 Å². The maximum Gasteiger partial charge on any atom is 0.221 e. The molecule has 1 aliphatic heterocycles. The largest absolute Gasteiger partial charge is 0.354 e. The normalized spacial score (nSPS) is 15.0. The van der Waals surface area contributed by atoms with Gasteiger partial charge in [0.1, 0.15) is 5.82 Å². The zero-order valence-corrected chi connectivity index (χ0v) is 15.1. The standard InChI is InChI=1S/C19H18N8O/c28-17-5-8-26(9-7-21-17)16-11-22-18-19(23-16)27(25-24-18)12-13-3-4-15-14(10-13)2-1-6-20-15/h1-4,6,10-11H,5,7-9,12H2,(H,21,28). The van der Waals surface area contributed by atoms with E-state index in [1.54, 1.807) is 17.1 Å². The van der Waals surface area contributed by atoms with Crippen molar-refractivity contribution < 1.29 is 4.79 Å². The number of rotatable bonds is 3. The highest BCUT2D eigenvalue weighted by Gasteiger charge is 2.17. The van der Waals surface area contributed by atoms with Crippen LogP contribution >= 0.6 is 0 Å². The molecule has 3 aromatic heterocycles. The number of nitrogens with one attached hydrogen (secondary N) is 1. The summed E-state index contributed by atoms with van der Waals surface area (Å²) in [7, 11) is 0. The topological polar surface area (TPSA) is 102 Å². The second-order valence-corrected chi connectivity index (χ2v) is 6.74. The molecule has 28 heavy (non-hydrogen) atoms. The number of amides is 1. The molecule has 0 bridgehead atoms. The van der Waals surface area contributed by atoms with E-state index < -0.39 is 0 Å². The molecule has 9 heteroatoms. The lowest BCUT2D eigenvalue weighted by atomic mass is 10.1. The average molecular weight is 374 g/mol. The summed E-state index contributed by atoms with van der Waals surface area (Å²) in [4.78, 5) is 27.1. The van der Waals surface area contributed by atoms with E-state index in [2.05, 4.69) is 36.6 Å². The number of aromatic nitrogens is 6. The summed E-state index contributed by atoms with van der Waals surface area (Å²) in [6.07, 6.45) is 3.93. The van der Waals surface area contributed by atoms with Crippen LogP contribution in [0.5, 0.6) is 0 Å². The molecule has 0 atom stereocenters. The number of pyridine rings is 1. The number of carbonyl (C=O) groups is 1. The second kappa shape index (κ2) is 6.84. The van der Waals surface area contributed by atoms with E-state index in [1.165, 1.54) is 0 Å². The molecule has 1 fully saturated rings. The monoisotopic (exact) mass is 374 g/mol. The van der Waals surface area contributed by atoms with Gasteiger partial charge in [-0.15, -0.1) is 5.10 Å². The summed E-state index contributed by atoms with van der Waals surface area (Å²) in [6, 6.07) is 10.1. The van der Waals surface area contributed by atoms with Gasteiger partial charge in [0.2, 0.25) is 11.6 Å². The zero-order chi connectivity index (χ0) is 18.9. The van der Waals surface area contributed by atoms with Crippen LogP contribution in [0.1, 0.15) is 12.0 Å². The Morgan fingerprint density at radius 3 is 3.07 bits per heavy atom. The lowest BCUT2D eigenvalue weighted by Gasteiger charge is -2.19. The highest BCUT2D eigenvalue weighted by molar-refractivity contribution is 5.79. The van der Waals surface area contributed by atoms with E-state index in [0.717, 1.165) is 22.3 Å². The van der Waals surface area contributed by atoms with E-state index >= 15 is 0 Å². The Hall–Kier alpha value is -3.62. The number of hydrogen-bond donors (Lipinski definition) is 1. The maximum absolute atomic E-state index is 11.6. The van der Waals surface area contributed by atoms with Gasteiger partial charge in [-0.2, -0.15) is 0 Å². The number of anilines is 1. The van der Waals surface area contributed by atoms with E-state index in [9.17, 15) is 4.79 Å². The van der Waals surface area contributed by atoms with Gasteiger partial charge in [-0.25, -0.2) is 14.6 Å². The predicted molar refractivity (Wildman–Crippen MR) is 104 cm³/mol. The van der Waals surface area contributed by atoms with Crippen molar-refractivity contribution >= 4 is 33.9 Å². The molecule has 1 amide bonds. The van der Waals surface area contributed by atoms with Crippen molar-refractivity contribution in [3.63, 3.8) is 0 Å². The van der Waals surface area contributed by atoms with Crippen molar-refractivity contribution in [2.75, 3.05) is 24.5 Å². The van der Waals surface area contributed by atoms with Crippen LogP contribution in [0.25, 0.3) is 22.2 Å². The zero-order valence-electron chi connectivity index (χ0n) is 15.1. The van der Waals surface area contributed by atoms with Crippen LogP contribution < -0.4 is 10.2 Å². The highest BCUT2D eigenvalue weighted by Crippen LogP contribution is 2.18. The molecular formula is C19H18N8O. The van der Waals surface area contributed by atoms with Crippen molar-refractivity contribution in [1.82, 2.24) is 35.3 Å². The average Bonchev–Trinajstić information content (AvgIpc) is 2.98. The quantitative estimate of drug-likeness (QED) is 0.574. The van der Waals surface area contributed by atoms with Gasteiger partial charge in [-0.05, 0) is 23.8 Å². The number of carbonyl (C=O) groups excluding carboxylic acids is 1. The van der Waals surface area contributed by atoms with Gasteiger partial charge in [-0.1, -0.05) is 17.3 Å². The fourth-order valence-corrected chi connectivity index (χ4v) is 3.40. The van der Waals surface area contributed by atoms with Crippen molar-refractivity contribution in [1.29, 1.82) is 0 Å². The van der Waals surface area contributed by atoms with Gasteiger partial charge < -0.3 is 10.2 Å². The first-order valence-corrected chi connectivity index (χ1v) is 9.18. The summed E-state index contributed by atoms with van der Waals surface area (Å²) < 4.78 is 1.75. The third-order valence-electron chi connectivity index (χ3n) is 4.85. The molecule has 0 aliphatic carbocycles. The van der Waals surface area contributed by atoms with Gasteiger partial charge in [0.25, 0.3) is 0 Å². The van der Waals surface area contributed by atoms with Crippen LogP contribution in [0.15, 0.2) is 42.7 Å². The van der Waals surface area contributed by atoms with Crippen LogP contribution in [0.3, 0.4) is 0 Å². The van der Waals surface area contributed by atoms with Gasteiger partial charge in [0.15, 0.2) is 5.65 Å². The molecule has 140 valence electrons. The van der Waals surface area contributed by atoms with E-state index in [4.69, 9.17) is 4.98 Å². The van der Waals surface area contributed by atoms with Crippen LogP contribution in [0, 0.1) is 0 Å². The van der Waals surface area contributed by atoms with Crippen molar-refractivity contribution in [3.8, 4) is 0 Å². The van der Waals surface area contributed by atoms with Crippen LogP contribution in [0.4, 0.5) is 5.82 Å². The highest BCUT2D eigenvalue weighted by atomic mass is 16.1. The Morgan fingerprint density at radius 1 is 1.14 bits per heavy atom. The van der Waals surface area contributed by atoms with Crippen molar-refractivity contribution in [2.24, 2.45) is 0 Å². The van der Waals surface area contributed by atoms with Gasteiger partial charge in [-0.3, -0.25) is 9.78 Å². The molecular weight excluding hydrogens is 356 g/mol. The number of nitrogens with zero attached hydrogens (tertiary/aromatic N) is 7. The molecule has 5 rings (SSSR count). The Labute approximate surface area is 160 Å². The smallest absolute Gasteiger partial charge is 0.221 e. The van der Waals surface area contributed by atoms with Gasteiger partial charge >= 0.3 is 0 Å². The summed E-state index contributed by atoms with van der Waals surface area (Å²) >= 11 is 0. The number of fused-ring (bicyclic) bond motifs is 2. The molecule has 0 saturated carbocycles. The summed E-state index contributed by atoms with van der Waals surface area (Å²) in [5.74, 6) is 0.796. The molecule has 4 heterocycles. The van der Waals surface area contributed by atoms with Crippen molar-refractivity contribution in [2.45, 2.75) is 13.0 Å². The van der Waals surface area contributed by atoms with Crippen LogP contribution in [-0.4, -0.2) is 55.5 Å². The third kappa shape index (κ3) is 3.11. The number of hydrogen-bond acceptors (Lipinski definition) is 7. The molecule has 1 saturated heterocycles. The number of benzene rings is 1. The van der Waals surface area contributed by atoms with Crippen LogP contribution in [0.2, 0.25) is 0 Å². The Bertz CT molecular complexity index is 1170. The fraction of sp³-hybridized carbons (Fsp3) is 0.263. The molecule has 1 aromatic carbocycles. The minimum atomic E-state index is 0.0639. The Morgan fingerprint density at radius 2 is 2.11 bits per heavy atom. The molecule has 1 N–H and O–H groups in total. The lowest BCUT2D eigenvalue weighted by molar-refractivity contribution is -0.120. The molecule has 1 aliphatic rings. The Balaban J connectivity index is 1.46. The molecule has 9 nitrogen and oxygen atoms in total. The molecule has 4 aromatic rings. The lowest BCUT2D eigenvalue weighted by Crippen LogP contribution is -2.29. The molecule has 0 radical (unpaired) electrons. The molecule has 0 spiro atoms. The summed E-state index contributed by atoms with van der Waals surface area (Å²) in [5.41, 5.74) is 3.19. The third-order valence-corrected chi connectivity index (χ3v) is 4.85. The first-order valence-electron chi connectivity index (χ1n) is 9.18. The van der Waals surface area contributed by atoms with E-state index in [-0.39, 0.29) is 5.91 Å². The maximum atomic E-state index is 11.6. The second-order valence-electron chi connectivity index (χ2n) is 6.74. The SMILES string of the molecule is O=C1CCN(c2cnc3nnn(Cc4ccc5ncccc5c4)c3n2)CCN1.